The molecule has 0 saturated heterocycles. The van der Waals surface area contributed by atoms with Crippen LogP contribution in [0.15, 0.2) is 0 Å². The van der Waals surface area contributed by atoms with E-state index in [1.165, 1.54) is 0 Å². The Labute approximate surface area is 152 Å². The van der Waals surface area contributed by atoms with Crippen molar-refractivity contribution in [3.05, 3.63) is 0 Å². The van der Waals surface area contributed by atoms with E-state index >= 15 is 0 Å². The highest BCUT2D eigenvalue weighted by atomic mass is 16.4. The minimum absolute atomic E-state index is 0.176. The zero-order valence-electron chi connectivity index (χ0n) is 15.3. The van der Waals surface area contributed by atoms with Gasteiger partial charge in [0.2, 0.25) is 5.91 Å². The van der Waals surface area contributed by atoms with Crippen LogP contribution >= 0.6 is 0 Å². The summed E-state index contributed by atoms with van der Waals surface area (Å²) in [6.07, 6.45) is -0.882. The quantitative estimate of drug-likeness (QED) is 0.168. The molecule has 0 rings (SSSR count). The summed E-state index contributed by atoms with van der Waals surface area (Å²) in [5.74, 6) is -2.04. The zero-order valence-corrected chi connectivity index (χ0v) is 15.3. The van der Waals surface area contributed by atoms with E-state index in [0.717, 1.165) is 0 Å². The summed E-state index contributed by atoms with van der Waals surface area (Å²) in [5.41, 5.74) is 11.0. The van der Waals surface area contributed by atoms with Crippen LogP contribution in [-0.2, 0) is 9.59 Å². The van der Waals surface area contributed by atoms with Crippen molar-refractivity contribution in [3.63, 3.8) is 0 Å². The number of carboxylic acids is 1. The number of urea groups is 1. The van der Waals surface area contributed by atoms with E-state index in [1.54, 1.807) is 31.0 Å². The number of nitrogens with two attached hydrogens (primary N) is 2. The predicted octanol–water partition coefficient (Wildman–Crippen LogP) is -3.54. The molecule has 0 aromatic rings. The number of amides is 3. The first-order valence-electron chi connectivity index (χ1n) is 8.02. The summed E-state index contributed by atoms with van der Waals surface area (Å²) >= 11 is 0. The number of hydrazine groups is 1. The number of likely N-dealkylation sites (N-methyl/N-ethyl adjacent to an activating group) is 2. The lowest BCUT2D eigenvalue weighted by molar-refractivity contribution is -0.140. The third kappa shape index (κ3) is 9.48. The third-order valence-corrected chi connectivity index (χ3v) is 3.73. The summed E-state index contributed by atoms with van der Waals surface area (Å²) in [6, 6.07) is -3.52. The number of aliphatic carboxylic acids is 1. The van der Waals surface area contributed by atoms with Gasteiger partial charge in [0, 0.05) is 39.6 Å². The topological polar surface area (TPSA) is 194 Å². The average Bonchev–Trinajstić information content (AvgIpc) is 2.50. The lowest BCUT2D eigenvalue weighted by Gasteiger charge is -2.33. The van der Waals surface area contributed by atoms with Crippen LogP contribution in [0.5, 0.6) is 0 Å². The second-order valence-electron chi connectivity index (χ2n) is 6.14. The molecule has 1 unspecified atom stereocenters. The molecule has 4 atom stereocenters. The Kier molecular flexibility index (Phi) is 10.7. The number of carboxylic acid groups (broad SMARTS) is 1. The van der Waals surface area contributed by atoms with Crippen LogP contribution in [0.4, 0.5) is 4.79 Å². The van der Waals surface area contributed by atoms with E-state index in [0.29, 0.717) is 6.54 Å². The van der Waals surface area contributed by atoms with Crippen molar-refractivity contribution in [2.24, 2.45) is 11.5 Å². The first-order valence-corrected chi connectivity index (χ1v) is 8.02. The third-order valence-electron chi connectivity index (χ3n) is 3.73. The normalized spacial score (nSPS) is 16.0. The summed E-state index contributed by atoms with van der Waals surface area (Å²) in [7, 11) is 3.41. The molecule has 3 amide bonds. The first kappa shape index (κ1) is 24.0. The second kappa shape index (κ2) is 11.6. The monoisotopic (exact) mass is 378 g/mol. The van der Waals surface area contributed by atoms with E-state index in [2.05, 4.69) is 10.6 Å². The molecule has 0 aromatic carbocycles. The standard InChI is InChI=1S/C14H30N6O6/c1-8(22)10(15)6-20(3)19(2)5-9(4-12(16)23)17-14(26)18-11(7-21)13(24)25/h8-11,21-22H,4-7,15H2,1-3H3,(H2,16,23)(H,24,25)(H2,17,18,26)/t8?,9-,10+,11-/m0/s1. The molecule has 26 heavy (non-hydrogen) atoms. The largest absolute Gasteiger partial charge is 0.480 e. The van der Waals surface area contributed by atoms with Crippen molar-refractivity contribution in [1.82, 2.24) is 20.7 Å². The maximum Gasteiger partial charge on any atom is 0.328 e. The van der Waals surface area contributed by atoms with Gasteiger partial charge in [0.25, 0.3) is 0 Å². The molecule has 9 N–H and O–H groups in total. The summed E-state index contributed by atoms with van der Waals surface area (Å²) in [6.45, 7) is 1.30. The van der Waals surface area contributed by atoms with Crippen molar-refractivity contribution in [3.8, 4) is 0 Å². The highest BCUT2D eigenvalue weighted by Crippen LogP contribution is 2.01. The second-order valence-corrected chi connectivity index (χ2v) is 6.14. The molecule has 12 nitrogen and oxygen atoms in total. The van der Waals surface area contributed by atoms with E-state index in [1.807, 2.05) is 0 Å². The predicted molar refractivity (Wildman–Crippen MR) is 92.7 cm³/mol. The number of aliphatic hydroxyl groups is 2. The van der Waals surface area contributed by atoms with Crippen molar-refractivity contribution in [2.45, 2.75) is 37.6 Å². The van der Waals surface area contributed by atoms with Gasteiger partial charge < -0.3 is 37.4 Å². The molecule has 0 spiro atoms. The van der Waals surface area contributed by atoms with Gasteiger partial charge in [-0.3, -0.25) is 4.79 Å². The van der Waals surface area contributed by atoms with Crippen LogP contribution in [0.2, 0.25) is 0 Å². The molecular formula is C14H30N6O6. The maximum atomic E-state index is 11.9. The van der Waals surface area contributed by atoms with Gasteiger partial charge in [-0.15, -0.1) is 0 Å². The molecule has 0 saturated carbocycles. The maximum absolute atomic E-state index is 11.9. The number of primary amides is 1. The van der Waals surface area contributed by atoms with Crippen molar-refractivity contribution in [1.29, 1.82) is 0 Å². The minimum Gasteiger partial charge on any atom is -0.480 e. The molecule has 0 fully saturated rings. The Bertz CT molecular complexity index is 477. The number of carbonyl (C=O) groups is 3. The fourth-order valence-corrected chi connectivity index (χ4v) is 2.03. The van der Waals surface area contributed by atoms with Gasteiger partial charge in [-0.1, -0.05) is 0 Å². The zero-order chi connectivity index (χ0) is 20.4. The van der Waals surface area contributed by atoms with Crippen LogP contribution in [-0.4, -0.2) is 101 Å². The molecule has 0 heterocycles. The Balaban J connectivity index is 4.80. The number of hydrogen-bond acceptors (Lipinski definition) is 8. The average molecular weight is 378 g/mol. The number of aliphatic hydroxyl groups excluding tert-OH is 2. The van der Waals surface area contributed by atoms with Crippen LogP contribution in [0.1, 0.15) is 13.3 Å². The van der Waals surface area contributed by atoms with Crippen molar-refractivity contribution < 1.29 is 29.7 Å². The fraction of sp³-hybridized carbons (Fsp3) is 0.786. The molecule has 152 valence electrons. The molecule has 12 heteroatoms. The van der Waals surface area contributed by atoms with Gasteiger partial charge in [-0.2, -0.15) is 0 Å². The number of carbonyl (C=O) groups excluding carboxylic acids is 2. The molecule has 0 aromatic heterocycles. The van der Waals surface area contributed by atoms with E-state index in [4.69, 9.17) is 21.7 Å². The van der Waals surface area contributed by atoms with Crippen molar-refractivity contribution in [2.75, 3.05) is 33.8 Å². The van der Waals surface area contributed by atoms with Gasteiger partial charge >= 0.3 is 12.0 Å². The van der Waals surface area contributed by atoms with E-state index in [-0.39, 0.29) is 13.0 Å². The number of hydrogen-bond donors (Lipinski definition) is 7. The van der Waals surface area contributed by atoms with Gasteiger partial charge in [0.05, 0.1) is 18.8 Å². The van der Waals surface area contributed by atoms with Gasteiger partial charge in [-0.05, 0) is 6.92 Å². The summed E-state index contributed by atoms with van der Waals surface area (Å²) in [4.78, 5) is 34.0. The Morgan fingerprint density at radius 3 is 2.08 bits per heavy atom. The first-order chi connectivity index (χ1) is 12.0. The SMILES string of the molecule is CC(O)[C@H](N)CN(C)N(C)C[C@H](CC(N)=O)NC(=O)N[C@@H](CO)C(=O)O. The highest BCUT2D eigenvalue weighted by Gasteiger charge is 2.23. The number of nitrogens with one attached hydrogen (secondary N) is 2. The fourth-order valence-electron chi connectivity index (χ4n) is 2.03. The van der Waals surface area contributed by atoms with E-state index in [9.17, 15) is 19.5 Å². The van der Waals surface area contributed by atoms with E-state index < -0.39 is 48.7 Å². The van der Waals surface area contributed by atoms with Crippen LogP contribution in [0, 0.1) is 0 Å². The molecule has 0 radical (unpaired) electrons. The van der Waals surface area contributed by atoms with Crippen LogP contribution in [0.25, 0.3) is 0 Å². The molecule has 0 bridgehead atoms. The Morgan fingerprint density at radius 2 is 1.65 bits per heavy atom. The van der Waals surface area contributed by atoms with Gasteiger partial charge in [0.15, 0.2) is 6.04 Å². The number of rotatable bonds is 12. The van der Waals surface area contributed by atoms with Crippen LogP contribution < -0.4 is 22.1 Å². The Morgan fingerprint density at radius 1 is 1.12 bits per heavy atom. The molecule has 0 aliphatic rings. The minimum atomic E-state index is -1.46. The number of nitrogens with zero attached hydrogens (tertiary/aromatic N) is 2. The summed E-state index contributed by atoms with van der Waals surface area (Å²) < 4.78 is 0. The molecule has 0 aliphatic heterocycles. The molecule has 0 aliphatic carbocycles. The van der Waals surface area contributed by atoms with Gasteiger partial charge in [0.1, 0.15) is 0 Å². The summed E-state index contributed by atoms with van der Waals surface area (Å²) in [5, 5.41) is 35.1. The Hall–Kier alpha value is -1.99. The van der Waals surface area contributed by atoms with Gasteiger partial charge in [-0.25, -0.2) is 19.6 Å². The molecular weight excluding hydrogens is 348 g/mol. The lowest BCUT2D eigenvalue weighted by Crippen LogP contribution is -2.55. The highest BCUT2D eigenvalue weighted by molar-refractivity contribution is 5.83. The smallest absolute Gasteiger partial charge is 0.328 e. The lowest BCUT2D eigenvalue weighted by atomic mass is 10.2. The van der Waals surface area contributed by atoms with Crippen LogP contribution in [0.3, 0.4) is 0 Å². The van der Waals surface area contributed by atoms with Crippen molar-refractivity contribution >= 4 is 17.9 Å².